The van der Waals surface area contributed by atoms with Crippen molar-refractivity contribution in [2.45, 2.75) is 26.6 Å². The SMILES string of the molecule is COCCN(CC(C)C)C(=O)Cn1cc(C(F)(F)F)ccc1=O. The van der Waals surface area contributed by atoms with Gasteiger partial charge in [-0.1, -0.05) is 13.8 Å². The number of hydrogen-bond acceptors (Lipinski definition) is 3. The molecular formula is C15H21F3N2O3. The van der Waals surface area contributed by atoms with Crippen LogP contribution in [0.1, 0.15) is 19.4 Å². The van der Waals surface area contributed by atoms with Crippen molar-refractivity contribution in [1.82, 2.24) is 9.47 Å². The summed E-state index contributed by atoms with van der Waals surface area (Å²) in [6, 6.07) is 1.53. The highest BCUT2D eigenvalue weighted by Crippen LogP contribution is 2.27. The van der Waals surface area contributed by atoms with Crippen LogP contribution in [0.15, 0.2) is 23.1 Å². The molecule has 8 heteroatoms. The Morgan fingerprint density at radius 3 is 2.52 bits per heavy atom. The van der Waals surface area contributed by atoms with Crippen molar-refractivity contribution in [3.8, 4) is 0 Å². The minimum Gasteiger partial charge on any atom is -0.383 e. The lowest BCUT2D eigenvalue weighted by atomic mass is 10.2. The average Bonchev–Trinajstić information content (AvgIpc) is 2.44. The van der Waals surface area contributed by atoms with Gasteiger partial charge in [-0.25, -0.2) is 0 Å². The molecule has 0 bridgehead atoms. The Labute approximate surface area is 132 Å². The van der Waals surface area contributed by atoms with E-state index in [0.717, 1.165) is 10.6 Å². The van der Waals surface area contributed by atoms with Crippen molar-refractivity contribution in [2.24, 2.45) is 5.92 Å². The van der Waals surface area contributed by atoms with Crippen molar-refractivity contribution in [2.75, 3.05) is 26.8 Å². The largest absolute Gasteiger partial charge is 0.417 e. The Balaban J connectivity index is 2.95. The van der Waals surface area contributed by atoms with Crippen molar-refractivity contribution >= 4 is 5.91 Å². The van der Waals surface area contributed by atoms with Crippen molar-refractivity contribution in [3.63, 3.8) is 0 Å². The topological polar surface area (TPSA) is 51.5 Å². The second-order valence-corrected chi connectivity index (χ2v) is 5.61. The molecule has 0 N–H and O–H groups in total. The molecule has 0 aliphatic carbocycles. The van der Waals surface area contributed by atoms with Gasteiger partial charge in [0.2, 0.25) is 5.91 Å². The van der Waals surface area contributed by atoms with Crippen LogP contribution in [0.25, 0.3) is 0 Å². The number of aromatic nitrogens is 1. The zero-order valence-corrected chi connectivity index (χ0v) is 13.4. The van der Waals surface area contributed by atoms with Gasteiger partial charge in [0.05, 0.1) is 12.2 Å². The summed E-state index contributed by atoms with van der Waals surface area (Å²) in [7, 11) is 1.50. The van der Waals surface area contributed by atoms with E-state index in [2.05, 4.69) is 0 Å². The number of alkyl halides is 3. The molecule has 0 saturated carbocycles. The molecule has 1 heterocycles. The number of pyridine rings is 1. The Bertz CT molecular complexity index is 582. The zero-order valence-electron chi connectivity index (χ0n) is 13.4. The normalized spacial score (nSPS) is 11.8. The van der Waals surface area contributed by atoms with Gasteiger partial charge in [0.25, 0.3) is 5.56 Å². The molecule has 0 atom stereocenters. The molecule has 1 aromatic heterocycles. The lowest BCUT2D eigenvalue weighted by Crippen LogP contribution is -2.40. The molecule has 1 rings (SSSR count). The van der Waals surface area contributed by atoms with Gasteiger partial charge in [-0.3, -0.25) is 9.59 Å². The first kappa shape index (κ1) is 19.2. The summed E-state index contributed by atoms with van der Waals surface area (Å²) >= 11 is 0. The van der Waals surface area contributed by atoms with Crippen molar-refractivity contribution < 1.29 is 22.7 Å². The fraction of sp³-hybridized carbons (Fsp3) is 0.600. The minimum atomic E-state index is -4.56. The maximum absolute atomic E-state index is 12.7. The van der Waals surface area contributed by atoms with E-state index in [1.165, 1.54) is 12.0 Å². The van der Waals surface area contributed by atoms with Gasteiger partial charge in [-0.2, -0.15) is 13.2 Å². The molecule has 0 radical (unpaired) electrons. The monoisotopic (exact) mass is 334 g/mol. The highest BCUT2D eigenvalue weighted by atomic mass is 19.4. The first-order valence-electron chi connectivity index (χ1n) is 7.19. The Morgan fingerprint density at radius 2 is 2.00 bits per heavy atom. The van der Waals surface area contributed by atoms with Gasteiger partial charge in [-0.05, 0) is 12.0 Å². The van der Waals surface area contributed by atoms with E-state index in [1.807, 2.05) is 13.8 Å². The number of hydrogen-bond donors (Lipinski definition) is 0. The van der Waals surface area contributed by atoms with Crippen LogP contribution in [-0.4, -0.2) is 42.2 Å². The molecule has 0 unspecified atom stereocenters. The predicted octanol–water partition coefficient (Wildman–Crippen LogP) is 2.00. The maximum Gasteiger partial charge on any atom is 0.417 e. The molecule has 23 heavy (non-hydrogen) atoms. The van der Waals surface area contributed by atoms with Crippen LogP contribution in [0, 0.1) is 5.92 Å². The third-order valence-electron chi connectivity index (χ3n) is 3.12. The lowest BCUT2D eigenvalue weighted by molar-refractivity contribution is -0.139. The van der Waals surface area contributed by atoms with Crippen molar-refractivity contribution in [1.29, 1.82) is 0 Å². The first-order chi connectivity index (χ1) is 10.6. The predicted molar refractivity (Wildman–Crippen MR) is 79.0 cm³/mol. The zero-order chi connectivity index (χ0) is 17.6. The van der Waals surface area contributed by atoms with Crippen LogP contribution in [0.4, 0.5) is 13.2 Å². The summed E-state index contributed by atoms with van der Waals surface area (Å²) in [5.41, 5.74) is -1.61. The van der Waals surface area contributed by atoms with E-state index in [4.69, 9.17) is 4.74 Å². The fourth-order valence-electron chi connectivity index (χ4n) is 2.03. The number of nitrogens with zero attached hydrogens (tertiary/aromatic N) is 2. The Morgan fingerprint density at radius 1 is 1.35 bits per heavy atom. The molecule has 0 aliphatic rings. The summed E-state index contributed by atoms with van der Waals surface area (Å²) in [6.07, 6.45) is -3.89. The maximum atomic E-state index is 12.7. The van der Waals surface area contributed by atoms with Crippen LogP contribution in [-0.2, 0) is 22.3 Å². The summed E-state index contributed by atoms with van der Waals surface area (Å²) in [6.45, 7) is 4.49. The van der Waals surface area contributed by atoms with E-state index in [1.54, 1.807) is 0 Å². The lowest BCUT2D eigenvalue weighted by Gasteiger charge is -2.24. The van der Waals surface area contributed by atoms with Crippen LogP contribution >= 0.6 is 0 Å². The molecule has 0 spiro atoms. The third-order valence-corrected chi connectivity index (χ3v) is 3.12. The standard InChI is InChI=1S/C15H21F3N2O3/c1-11(2)8-19(6-7-23-3)14(22)10-20-9-12(15(16,17)18)4-5-13(20)21/h4-5,9,11H,6-8,10H2,1-3H3. The highest BCUT2D eigenvalue weighted by Gasteiger charge is 2.31. The average molecular weight is 334 g/mol. The van der Waals surface area contributed by atoms with Gasteiger partial charge in [0.1, 0.15) is 6.54 Å². The highest BCUT2D eigenvalue weighted by molar-refractivity contribution is 5.76. The number of methoxy groups -OCH3 is 1. The Hall–Kier alpha value is -1.83. The molecule has 1 amide bonds. The van der Waals surface area contributed by atoms with Crippen LogP contribution < -0.4 is 5.56 Å². The van der Waals surface area contributed by atoms with Gasteiger partial charge < -0.3 is 14.2 Å². The summed E-state index contributed by atoms with van der Waals surface area (Å²) in [4.78, 5) is 25.5. The second-order valence-electron chi connectivity index (χ2n) is 5.61. The summed E-state index contributed by atoms with van der Waals surface area (Å²) in [5, 5.41) is 0. The quantitative estimate of drug-likeness (QED) is 0.766. The van der Waals surface area contributed by atoms with E-state index in [-0.39, 0.29) is 5.92 Å². The molecule has 0 fully saturated rings. The molecule has 130 valence electrons. The molecule has 0 aliphatic heterocycles. The van der Waals surface area contributed by atoms with Gasteiger partial charge in [0.15, 0.2) is 0 Å². The van der Waals surface area contributed by atoms with Crippen LogP contribution in [0.5, 0.6) is 0 Å². The number of amides is 1. The molecular weight excluding hydrogens is 313 g/mol. The van der Waals surface area contributed by atoms with Gasteiger partial charge in [-0.15, -0.1) is 0 Å². The molecule has 1 aromatic rings. The van der Waals surface area contributed by atoms with E-state index in [9.17, 15) is 22.8 Å². The van der Waals surface area contributed by atoms with Gasteiger partial charge in [0, 0.05) is 32.5 Å². The van der Waals surface area contributed by atoms with E-state index < -0.39 is 29.8 Å². The van der Waals surface area contributed by atoms with Crippen molar-refractivity contribution in [3.05, 3.63) is 34.2 Å². The molecule has 5 nitrogen and oxygen atoms in total. The summed E-state index contributed by atoms with van der Waals surface area (Å²) < 4.78 is 43.8. The van der Waals surface area contributed by atoms with Crippen LogP contribution in [0.2, 0.25) is 0 Å². The smallest absolute Gasteiger partial charge is 0.383 e. The third kappa shape index (κ3) is 6.05. The minimum absolute atomic E-state index is 0.189. The summed E-state index contributed by atoms with van der Waals surface area (Å²) in [5.74, 6) is -0.230. The van der Waals surface area contributed by atoms with E-state index in [0.29, 0.717) is 32.0 Å². The van der Waals surface area contributed by atoms with Crippen LogP contribution in [0.3, 0.4) is 0 Å². The number of carbonyl (C=O) groups excluding carboxylic acids is 1. The number of carbonyl (C=O) groups is 1. The molecule has 0 saturated heterocycles. The Kier molecular flexibility index (Phi) is 6.80. The van der Waals surface area contributed by atoms with E-state index >= 15 is 0 Å². The second kappa shape index (κ2) is 8.14. The number of rotatable bonds is 7. The first-order valence-corrected chi connectivity index (χ1v) is 7.19. The molecule has 0 aromatic carbocycles. The number of halogens is 3. The van der Waals surface area contributed by atoms with Gasteiger partial charge >= 0.3 is 6.18 Å². The number of ether oxygens (including phenoxy) is 1. The fourth-order valence-corrected chi connectivity index (χ4v) is 2.03.